The number of unbranched alkanes of at least 4 members (excludes halogenated alkanes) is 1. The predicted molar refractivity (Wildman–Crippen MR) is 69.1 cm³/mol. The minimum atomic E-state index is 0.431. The van der Waals surface area contributed by atoms with Gasteiger partial charge in [0.25, 0.3) is 0 Å². The van der Waals surface area contributed by atoms with Crippen molar-refractivity contribution in [2.45, 2.75) is 45.7 Å². The maximum absolute atomic E-state index is 5.43. The van der Waals surface area contributed by atoms with Crippen LogP contribution in [0.15, 0.2) is 12.4 Å². The van der Waals surface area contributed by atoms with Crippen molar-refractivity contribution in [2.24, 2.45) is 5.92 Å². The smallest absolute Gasteiger partial charge is 0.202 e. The summed E-state index contributed by atoms with van der Waals surface area (Å²) in [6.45, 7) is 7.26. The average Bonchev–Trinajstić information content (AvgIpc) is 2.97. The first-order valence-corrected chi connectivity index (χ1v) is 6.66. The van der Waals surface area contributed by atoms with Crippen LogP contribution < -0.4 is 5.32 Å². The number of hydrogen-bond donors (Lipinski definition) is 1. The fourth-order valence-corrected chi connectivity index (χ4v) is 2.23. The van der Waals surface area contributed by atoms with E-state index < -0.39 is 0 Å². The van der Waals surface area contributed by atoms with Gasteiger partial charge in [0.1, 0.15) is 0 Å². The van der Waals surface area contributed by atoms with E-state index in [0.29, 0.717) is 12.0 Å². The Balaban J connectivity index is 1.90. The molecule has 2 heterocycles. The van der Waals surface area contributed by atoms with Crippen molar-refractivity contribution < 1.29 is 4.74 Å². The highest BCUT2D eigenvalue weighted by Crippen LogP contribution is 2.19. The quantitative estimate of drug-likeness (QED) is 0.826. The Bertz CT molecular complexity index is 331. The van der Waals surface area contributed by atoms with Crippen molar-refractivity contribution in [1.29, 1.82) is 0 Å². The van der Waals surface area contributed by atoms with E-state index in [1.165, 1.54) is 12.8 Å². The third-order valence-corrected chi connectivity index (χ3v) is 3.50. The molecule has 0 aliphatic carbocycles. The summed E-state index contributed by atoms with van der Waals surface area (Å²) in [5, 5.41) is 3.51. The number of aromatic nitrogens is 2. The standard InChI is InChI=1S/C13H23N3O/c1-3-4-7-16-8-6-14-13(16)15-11(2)12-5-9-17-10-12/h6,8,11-12H,3-5,7,9-10H2,1-2H3,(H,14,15). The monoisotopic (exact) mass is 237 g/mol. The van der Waals surface area contributed by atoms with Crippen LogP contribution in [0, 0.1) is 5.92 Å². The maximum Gasteiger partial charge on any atom is 0.202 e. The number of aryl methyl sites for hydroxylation is 1. The van der Waals surface area contributed by atoms with Gasteiger partial charge >= 0.3 is 0 Å². The van der Waals surface area contributed by atoms with Gasteiger partial charge in [0.15, 0.2) is 0 Å². The Morgan fingerprint density at radius 2 is 2.53 bits per heavy atom. The Morgan fingerprint density at radius 1 is 1.65 bits per heavy atom. The van der Waals surface area contributed by atoms with Crippen LogP contribution in [0.25, 0.3) is 0 Å². The van der Waals surface area contributed by atoms with Crippen LogP contribution >= 0.6 is 0 Å². The molecule has 2 rings (SSSR count). The molecule has 1 aromatic heterocycles. The molecular weight excluding hydrogens is 214 g/mol. The van der Waals surface area contributed by atoms with E-state index in [0.717, 1.165) is 32.1 Å². The number of hydrogen-bond acceptors (Lipinski definition) is 3. The van der Waals surface area contributed by atoms with Gasteiger partial charge in [-0.05, 0) is 19.8 Å². The summed E-state index contributed by atoms with van der Waals surface area (Å²) >= 11 is 0. The van der Waals surface area contributed by atoms with Gasteiger partial charge in [-0.3, -0.25) is 0 Å². The molecule has 4 nitrogen and oxygen atoms in total. The molecule has 4 heteroatoms. The molecule has 1 saturated heterocycles. The van der Waals surface area contributed by atoms with Crippen LogP contribution in [0.1, 0.15) is 33.1 Å². The molecular formula is C13H23N3O. The number of ether oxygens (including phenoxy) is 1. The number of nitrogens with one attached hydrogen (secondary N) is 1. The number of nitrogens with zero attached hydrogens (tertiary/aromatic N) is 2. The summed E-state index contributed by atoms with van der Waals surface area (Å²) in [6.07, 6.45) is 7.49. The second kappa shape index (κ2) is 6.05. The van der Waals surface area contributed by atoms with Crippen LogP contribution in [-0.2, 0) is 11.3 Å². The fraction of sp³-hybridized carbons (Fsp3) is 0.769. The van der Waals surface area contributed by atoms with Gasteiger partial charge in [-0.15, -0.1) is 0 Å². The third kappa shape index (κ3) is 3.22. The topological polar surface area (TPSA) is 39.1 Å². The summed E-state index contributed by atoms with van der Waals surface area (Å²) in [5.41, 5.74) is 0. The van der Waals surface area contributed by atoms with Gasteiger partial charge < -0.3 is 14.6 Å². The van der Waals surface area contributed by atoms with Crippen molar-refractivity contribution in [1.82, 2.24) is 9.55 Å². The SMILES string of the molecule is CCCCn1ccnc1NC(C)C1CCOC1. The first kappa shape index (κ1) is 12.4. The molecule has 0 bridgehead atoms. The van der Waals surface area contributed by atoms with Crippen molar-refractivity contribution in [2.75, 3.05) is 18.5 Å². The Kier molecular flexibility index (Phi) is 4.42. The molecule has 1 N–H and O–H groups in total. The van der Waals surface area contributed by atoms with Crippen LogP contribution in [-0.4, -0.2) is 28.8 Å². The molecule has 0 saturated carbocycles. The van der Waals surface area contributed by atoms with E-state index >= 15 is 0 Å². The number of rotatable bonds is 6. The summed E-state index contributed by atoms with van der Waals surface area (Å²) in [7, 11) is 0. The van der Waals surface area contributed by atoms with Gasteiger partial charge in [-0.25, -0.2) is 4.98 Å². The minimum Gasteiger partial charge on any atom is -0.381 e. The second-order valence-corrected chi connectivity index (χ2v) is 4.85. The summed E-state index contributed by atoms with van der Waals surface area (Å²) in [6, 6.07) is 0.431. The minimum absolute atomic E-state index is 0.431. The Hall–Kier alpha value is -1.03. The third-order valence-electron chi connectivity index (χ3n) is 3.50. The molecule has 17 heavy (non-hydrogen) atoms. The Labute approximate surface area is 103 Å². The molecule has 2 unspecified atom stereocenters. The van der Waals surface area contributed by atoms with Crippen LogP contribution in [0.4, 0.5) is 5.95 Å². The normalized spacial score (nSPS) is 21.6. The molecule has 1 aliphatic rings. The van der Waals surface area contributed by atoms with Gasteiger partial charge in [0.05, 0.1) is 6.61 Å². The molecule has 0 aromatic carbocycles. The van der Waals surface area contributed by atoms with Crippen molar-refractivity contribution >= 4 is 5.95 Å². The lowest BCUT2D eigenvalue weighted by Gasteiger charge is -2.20. The lowest BCUT2D eigenvalue weighted by atomic mass is 10.0. The zero-order chi connectivity index (χ0) is 12.1. The van der Waals surface area contributed by atoms with E-state index in [4.69, 9.17) is 4.74 Å². The van der Waals surface area contributed by atoms with Gasteiger partial charge in [0, 0.05) is 37.5 Å². The van der Waals surface area contributed by atoms with E-state index in [-0.39, 0.29) is 0 Å². The van der Waals surface area contributed by atoms with Crippen molar-refractivity contribution in [3.8, 4) is 0 Å². The van der Waals surface area contributed by atoms with Gasteiger partial charge in [-0.2, -0.15) is 0 Å². The maximum atomic E-state index is 5.43. The molecule has 96 valence electrons. The fourth-order valence-electron chi connectivity index (χ4n) is 2.23. The molecule has 1 aliphatic heterocycles. The van der Waals surface area contributed by atoms with Crippen molar-refractivity contribution in [3.63, 3.8) is 0 Å². The van der Waals surface area contributed by atoms with E-state index in [2.05, 4.69) is 34.9 Å². The Morgan fingerprint density at radius 3 is 3.24 bits per heavy atom. The molecule has 2 atom stereocenters. The molecule has 1 aromatic rings. The van der Waals surface area contributed by atoms with Gasteiger partial charge in [-0.1, -0.05) is 13.3 Å². The van der Waals surface area contributed by atoms with Crippen LogP contribution in [0.3, 0.4) is 0 Å². The van der Waals surface area contributed by atoms with Crippen molar-refractivity contribution in [3.05, 3.63) is 12.4 Å². The summed E-state index contributed by atoms with van der Waals surface area (Å²) < 4.78 is 7.63. The zero-order valence-electron chi connectivity index (χ0n) is 10.9. The largest absolute Gasteiger partial charge is 0.381 e. The van der Waals surface area contributed by atoms with Gasteiger partial charge in [0.2, 0.25) is 5.95 Å². The number of anilines is 1. The van der Waals surface area contributed by atoms with E-state index in [1.807, 2.05) is 6.20 Å². The average molecular weight is 237 g/mol. The predicted octanol–water partition coefficient (Wildman–Crippen LogP) is 2.52. The molecule has 0 radical (unpaired) electrons. The highest BCUT2D eigenvalue weighted by Gasteiger charge is 2.22. The van der Waals surface area contributed by atoms with E-state index in [1.54, 1.807) is 0 Å². The summed E-state index contributed by atoms with van der Waals surface area (Å²) in [4.78, 5) is 4.39. The van der Waals surface area contributed by atoms with E-state index in [9.17, 15) is 0 Å². The first-order chi connectivity index (χ1) is 8.31. The molecule has 0 spiro atoms. The van der Waals surface area contributed by atoms with Crippen LogP contribution in [0.2, 0.25) is 0 Å². The lowest BCUT2D eigenvalue weighted by Crippen LogP contribution is -2.27. The summed E-state index contributed by atoms with van der Waals surface area (Å²) in [5.74, 6) is 1.61. The highest BCUT2D eigenvalue weighted by molar-refractivity contribution is 5.27. The van der Waals surface area contributed by atoms with Crippen LogP contribution in [0.5, 0.6) is 0 Å². The molecule has 0 amide bonds. The first-order valence-electron chi connectivity index (χ1n) is 6.66. The number of imidazole rings is 1. The second-order valence-electron chi connectivity index (χ2n) is 4.85. The lowest BCUT2D eigenvalue weighted by molar-refractivity contribution is 0.183. The highest BCUT2D eigenvalue weighted by atomic mass is 16.5. The molecule has 1 fully saturated rings. The zero-order valence-corrected chi connectivity index (χ0v) is 10.9.